The Morgan fingerprint density at radius 2 is 2.17 bits per heavy atom. The van der Waals surface area contributed by atoms with Crippen molar-refractivity contribution in [1.82, 2.24) is 20.1 Å². The summed E-state index contributed by atoms with van der Waals surface area (Å²) in [5.74, 6) is 0.840. The monoisotopic (exact) mass is 168 g/mol. The van der Waals surface area contributed by atoms with E-state index in [1.807, 2.05) is 7.05 Å². The predicted octanol–water partition coefficient (Wildman–Crippen LogP) is 0.703. The van der Waals surface area contributed by atoms with Gasteiger partial charge in [0.05, 0.1) is 6.54 Å². The molecule has 0 saturated carbocycles. The largest absolute Gasteiger partial charge is 0.305 e. The summed E-state index contributed by atoms with van der Waals surface area (Å²) < 4.78 is 1.71. The molecule has 1 aromatic rings. The van der Waals surface area contributed by atoms with E-state index in [4.69, 9.17) is 0 Å². The Labute approximate surface area is 73.0 Å². The molecule has 0 atom stereocenters. The van der Waals surface area contributed by atoms with Crippen LogP contribution in [-0.2, 0) is 13.6 Å². The summed E-state index contributed by atoms with van der Waals surface area (Å²) >= 11 is 0. The minimum Gasteiger partial charge on any atom is -0.305 e. The van der Waals surface area contributed by atoms with Gasteiger partial charge in [0.15, 0.2) is 5.82 Å². The van der Waals surface area contributed by atoms with Crippen molar-refractivity contribution in [3.63, 3.8) is 0 Å². The highest BCUT2D eigenvalue weighted by Crippen LogP contribution is 1.99. The van der Waals surface area contributed by atoms with Crippen molar-refractivity contribution in [3.8, 4) is 0 Å². The summed E-state index contributed by atoms with van der Waals surface area (Å²) in [5, 5.41) is 7.47. The van der Waals surface area contributed by atoms with Crippen LogP contribution < -0.4 is 5.32 Å². The standard InChI is InChI=1S/C8H16N4/c1-8(2,3)10-5-7-9-6-12(4)11-7/h6,10H,5H2,1-4H3. The summed E-state index contributed by atoms with van der Waals surface area (Å²) in [4.78, 5) is 4.11. The lowest BCUT2D eigenvalue weighted by atomic mass is 10.1. The molecule has 1 N–H and O–H groups in total. The Morgan fingerprint density at radius 3 is 2.58 bits per heavy atom. The fourth-order valence-electron chi connectivity index (χ4n) is 0.809. The van der Waals surface area contributed by atoms with Gasteiger partial charge in [0.1, 0.15) is 6.33 Å². The van der Waals surface area contributed by atoms with Gasteiger partial charge in [0.2, 0.25) is 0 Å². The number of hydrogen-bond donors (Lipinski definition) is 1. The van der Waals surface area contributed by atoms with Crippen LogP contribution in [0.3, 0.4) is 0 Å². The van der Waals surface area contributed by atoms with E-state index in [2.05, 4.69) is 36.2 Å². The number of aryl methyl sites for hydroxylation is 1. The number of aromatic nitrogens is 3. The van der Waals surface area contributed by atoms with Gasteiger partial charge < -0.3 is 5.32 Å². The Bertz CT molecular complexity index is 246. The average Bonchev–Trinajstić information content (AvgIpc) is 2.30. The molecule has 0 aliphatic heterocycles. The molecule has 0 aliphatic rings. The lowest BCUT2D eigenvalue weighted by Crippen LogP contribution is -2.35. The summed E-state index contributed by atoms with van der Waals surface area (Å²) in [5.41, 5.74) is 0.124. The number of nitrogens with one attached hydrogen (secondary N) is 1. The minimum atomic E-state index is 0.124. The van der Waals surface area contributed by atoms with Crippen LogP contribution in [0.5, 0.6) is 0 Å². The van der Waals surface area contributed by atoms with Gasteiger partial charge in [-0.05, 0) is 20.8 Å². The maximum absolute atomic E-state index is 4.16. The van der Waals surface area contributed by atoms with Gasteiger partial charge in [-0.15, -0.1) is 0 Å². The summed E-state index contributed by atoms with van der Waals surface area (Å²) in [6.45, 7) is 7.09. The van der Waals surface area contributed by atoms with Crippen molar-refractivity contribution in [2.45, 2.75) is 32.9 Å². The third kappa shape index (κ3) is 3.00. The molecule has 68 valence electrons. The first kappa shape index (κ1) is 9.19. The molecule has 4 heteroatoms. The van der Waals surface area contributed by atoms with Gasteiger partial charge in [-0.2, -0.15) is 5.10 Å². The van der Waals surface area contributed by atoms with Gasteiger partial charge in [-0.1, -0.05) is 0 Å². The second kappa shape index (κ2) is 3.23. The van der Waals surface area contributed by atoms with Crippen molar-refractivity contribution in [2.75, 3.05) is 0 Å². The molecule has 12 heavy (non-hydrogen) atoms. The van der Waals surface area contributed by atoms with Crippen LogP contribution in [0.25, 0.3) is 0 Å². The van der Waals surface area contributed by atoms with E-state index in [1.54, 1.807) is 11.0 Å². The topological polar surface area (TPSA) is 42.7 Å². The fourth-order valence-corrected chi connectivity index (χ4v) is 0.809. The second-order valence-electron chi connectivity index (χ2n) is 3.94. The number of hydrogen-bond acceptors (Lipinski definition) is 3. The zero-order chi connectivity index (χ0) is 9.19. The molecule has 4 nitrogen and oxygen atoms in total. The highest BCUT2D eigenvalue weighted by Gasteiger charge is 2.09. The van der Waals surface area contributed by atoms with Crippen LogP contribution >= 0.6 is 0 Å². The zero-order valence-electron chi connectivity index (χ0n) is 8.13. The lowest BCUT2D eigenvalue weighted by molar-refractivity contribution is 0.417. The van der Waals surface area contributed by atoms with Crippen LogP contribution in [0.2, 0.25) is 0 Å². The molecule has 0 amide bonds. The van der Waals surface area contributed by atoms with Crippen molar-refractivity contribution in [3.05, 3.63) is 12.2 Å². The maximum atomic E-state index is 4.16. The highest BCUT2D eigenvalue weighted by atomic mass is 15.3. The molecule has 0 bridgehead atoms. The Kier molecular flexibility index (Phi) is 2.47. The molecular formula is C8H16N4. The fraction of sp³-hybridized carbons (Fsp3) is 0.750. The third-order valence-electron chi connectivity index (χ3n) is 1.42. The van der Waals surface area contributed by atoms with Crippen molar-refractivity contribution in [1.29, 1.82) is 0 Å². The van der Waals surface area contributed by atoms with E-state index >= 15 is 0 Å². The van der Waals surface area contributed by atoms with Crippen molar-refractivity contribution < 1.29 is 0 Å². The minimum absolute atomic E-state index is 0.124. The molecule has 0 unspecified atom stereocenters. The van der Waals surface area contributed by atoms with Gasteiger partial charge >= 0.3 is 0 Å². The quantitative estimate of drug-likeness (QED) is 0.707. The molecule has 0 radical (unpaired) electrons. The van der Waals surface area contributed by atoms with E-state index < -0.39 is 0 Å². The molecular weight excluding hydrogens is 152 g/mol. The summed E-state index contributed by atoms with van der Waals surface area (Å²) in [6, 6.07) is 0. The average molecular weight is 168 g/mol. The van der Waals surface area contributed by atoms with Gasteiger partial charge in [0.25, 0.3) is 0 Å². The first-order chi connectivity index (χ1) is 5.47. The molecule has 0 aromatic carbocycles. The van der Waals surface area contributed by atoms with Gasteiger partial charge in [0, 0.05) is 12.6 Å². The van der Waals surface area contributed by atoms with Crippen molar-refractivity contribution >= 4 is 0 Å². The number of rotatable bonds is 2. The molecule has 0 saturated heterocycles. The first-order valence-corrected chi connectivity index (χ1v) is 4.07. The SMILES string of the molecule is Cn1cnc(CNC(C)(C)C)n1. The van der Waals surface area contributed by atoms with Crippen LogP contribution in [0.4, 0.5) is 0 Å². The third-order valence-corrected chi connectivity index (χ3v) is 1.42. The predicted molar refractivity (Wildman–Crippen MR) is 47.6 cm³/mol. The Balaban J connectivity index is 2.44. The summed E-state index contributed by atoms with van der Waals surface area (Å²) in [7, 11) is 1.87. The van der Waals surface area contributed by atoms with Crippen LogP contribution in [0, 0.1) is 0 Å². The van der Waals surface area contributed by atoms with E-state index in [9.17, 15) is 0 Å². The molecule has 1 rings (SSSR count). The molecule has 0 aliphatic carbocycles. The smallest absolute Gasteiger partial charge is 0.164 e. The molecule has 0 fully saturated rings. The summed E-state index contributed by atoms with van der Waals surface area (Å²) in [6.07, 6.45) is 1.71. The van der Waals surface area contributed by atoms with E-state index in [0.717, 1.165) is 12.4 Å². The van der Waals surface area contributed by atoms with E-state index in [0.29, 0.717) is 0 Å². The van der Waals surface area contributed by atoms with Crippen LogP contribution in [-0.4, -0.2) is 20.3 Å². The van der Waals surface area contributed by atoms with Crippen molar-refractivity contribution in [2.24, 2.45) is 7.05 Å². The second-order valence-corrected chi connectivity index (χ2v) is 3.94. The van der Waals surface area contributed by atoms with Crippen LogP contribution in [0.1, 0.15) is 26.6 Å². The first-order valence-electron chi connectivity index (χ1n) is 4.07. The highest BCUT2D eigenvalue weighted by molar-refractivity contribution is 4.83. The number of nitrogens with zero attached hydrogens (tertiary/aromatic N) is 3. The van der Waals surface area contributed by atoms with Gasteiger partial charge in [-0.3, -0.25) is 4.68 Å². The molecule has 1 aromatic heterocycles. The normalized spacial score (nSPS) is 12.0. The maximum Gasteiger partial charge on any atom is 0.164 e. The van der Waals surface area contributed by atoms with Crippen LogP contribution in [0.15, 0.2) is 6.33 Å². The zero-order valence-corrected chi connectivity index (χ0v) is 8.13. The van der Waals surface area contributed by atoms with Gasteiger partial charge in [-0.25, -0.2) is 4.98 Å². The molecule has 1 heterocycles. The molecule has 0 spiro atoms. The van der Waals surface area contributed by atoms with E-state index in [1.165, 1.54) is 0 Å². The van der Waals surface area contributed by atoms with E-state index in [-0.39, 0.29) is 5.54 Å². The Morgan fingerprint density at radius 1 is 1.50 bits per heavy atom. The lowest BCUT2D eigenvalue weighted by Gasteiger charge is -2.18. The Hall–Kier alpha value is -0.900.